The van der Waals surface area contributed by atoms with Gasteiger partial charge in [0.05, 0.1) is 17.1 Å². The molecular formula is C22H18F2N4O2S2. The van der Waals surface area contributed by atoms with Gasteiger partial charge in [-0.3, -0.25) is 4.79 Å². The summed E-state index contributed by atoms with van der Waals surface area (Å²) in [7, 11) is 0. The number of thiazole rings is 1. The van der Waals surface area contributed by atoms with Crippen molar-refractivity contribution in [2.75, 3.05) is 5.32 Å². The Kier molecular flexibility index (Phi) is 6.91. The fourth-order valence-electron chi connectivity index (χ4n) is 2.91. The first-order valence-corrected chi connectivity index (χ1v) is 11.5. The molecular weight excluding hydrogens is 454 g/mol. The van der Waals surface area contributed by atoms with Crippen LogP contribution >= 0.6 is 23.1 Å². The van der Waals surface area contributed by atoms with Crippen molar-refractivity contribution >= 4 is 34.7 Å². The molecule has 10 heteroatoms. The predicted octanol–water partition coefficient (Wildman–Crippen LogP) is 5.64. The van der Waals surface area contributed by atoms with Gasteiger partial charge < -0.3 is 9.84 Å². The smallest absolute Gasteiger partial charge is 0.227 e. The first-order chi connectivity index (χ1) is 15.5. The zero-order chi connectivity index (χ0) is 22.5. The van der Waals surface area contributed by atoms with Crippen molar-refractivity contribution in [3.05, 3.63) is 76.8 Å². The maximum atomic E-state index is 13.6. The molecule has 2 aromatic carbocycles. The lowest BCUT2D eigenvalue weighted by molar-refractivity contribution is -0.116. The van der Waals surface area contributed by atoms with Gasteiger partial charge in [-0.25, -0.2) is 13.8 Å². The minimum Gasteiger partial charge on any atom is -0.339 e. The summed E-state index contributed by atoms with van der Waals surface area (Å²) >= 11 is 3.06. The molecule has 0 bridgehead atoms. The Morgan fingerprint density at radius 1 is 1.19 bits per heavy atom. The normalized spacial score (nSPS) is 11.0. The summed E-state index contributed by atoms with van der Waals surface area (Å²) < 4.78 is 32.6. The van der Waals surface area contributed by atoms with Gasteiger partial charge in [0.2, 0.25) is 11.8 Å². The van der Waals surface area contributed by atoms with E-state index in [1.807, 2.05) is 23.6 Å². The molecule has 0 aliphatic rings. The largest absolute Gasteiger partial charge is 0.339 e. The number of aryl methyl sites for hydroxylation is 2. The number of thioether (sulfide) groups is 1. The van der Waals surface area contributed by atoms with Crippen LogP contribution in [0.25, 0.3) is 11.3 Å². The van der Waals surface area contributed by atoms with Crippen molar-refractivity contribution < 1.29 is 18.1 Å². The highest BCUT2D eigenvalue weighted by atomic mass is 32.2. The van der Waals surface area contributed by atoms with Crippen LogP contribution in [-0.4, -0.2) is 21.0 Å². The highest BCUT2D eigenvalue weighted by Gasteiger charge is 2.13. The number of hydrogen-bond donors (Lipinski definition) is 1. The van der Waals surface area contributed by atoms with Gasteiger partial charge >= 0.3 is 0 Å². The zero-order valence-corrected chi connectivity index (χ0v) is 18.6. The van der Waals surface area contributed by atoms with Crippen LogP contribution in [0.2, 0.25) is 0 Å². The molecule has 0 saturated carbocycles. The summed E-state index contributed by atoms with van der Waals surface area (Å²) in [5.74, 6) is -0.671. The maximum absolute atomic E-state index is 13.6. The Labute approximate surface area is 191 Å². The van der Waals surface area contributed by atoms with Crippen molar-refractivity contribution in [1.29, 1.82) is 0 Å². The number of aromatic nitrogens is 3. The third kappa shape index (κ3) is 5.57. The van der Waals surface area contributed by atoms with E-state index >= 15 is 0 Å². The van der Waals surface area contributed by atoms with Crippen molar-refractivity contribution in [3.63, 3.8) is 0 Å². The fraction of sp³-hybridized carbons (Fsp3) is 0.182. The first kappa shape index (κ1) is 22.1. The molecule has 1 amide bonds. The molecule has 4 aromatic rings. The Bertz CT molecular complexity index is 1240. The lowest BCUT2D eigenvalue weighted by atomic mass is 10.1. The van der Waals surface area contributed by atoms with Gasteiger partial charge in [-0.1, -0.05) is 41.2 Å². The molecule has 6 nitrogen and oxygen atoms in total. The van der Waals surface area contributed by atoms with E-state index in [1.54, 1.807) is 11.3 Å². The SMILES string of the molecule is Cc1ccccc1-c1csc(SCc2noc(CCC(=O)Nc3ccc(F)cc3F)n2)n1. The Hall–Kier alpha value is -3.11. The van der Waals surface area contributed by atoms with Crippen LogP contribution in [0.5, 0.6) is 0 Å². The molecule has 2 heterocycles. The average Bonchev–Trinajstić information content (AvgIpc) is 3.43. The Morgan fingerprint density at radius 3 is 2.84 bits per heavy atom. The van der Waals surface area contributed by atoms with E-state index in [1.165, 1.54) is 23.4 Å². The Morgan fingerprint density at radius 2 is 2.03 bits per heavy atom. The van der Waals surface area contributed by atoms with Gasteiger partial charge in [0.25, 0.3) is 0 Å². The number of halogens is 2. The molecule has 0 radical (unpaired) electrons. The van der Waals surface area contributed by atoms with Gasteiger partial charge in [0.15, 0.2) is 10.2 Å². The number of amides is 1. The zero-order valence-electron chi connectivity index (χ0n) is 17.0. The molecule has 0 spiro atoms. The van der Waals surface area contributed by atoms with Crippen molar-refractivity contribution in [1.82, 2.24) is 15.1 Å². The Balaban J connectivity index is 1.27. The van der Waals surface area contributed by atoms with Crippen molar-refractivity contribution in [2.45, 2.75) is 29.9 Å². The first-order valence-electron chi connectivity index (χ1n) is 9.68. The molecule has 0 unspecified atom stereocenters. The number of hydrogen-bond acceptors (Lipinski definition) is 7. The van der Waals surface area contributed by atoms with Crippen molar-refractivity contribution in [3.8, 4) is 11.3 Å². The summed E-state index contributed by atoms with van der Waals surface area (Å²) in [4.78, 5) is 21.0. The molecule has 0 saturated heterocycles. The van der Waals surface area contributed by atoms with E-state index in [-0.39, 0.29) is 18.5 Å². The van der Waals surface area contributed by atoms with Crippen LogP contribution in [0.4, 0.5) is 14.5 Å². The lowest BCUT2D eigenvalue weighted by Crippen LogP contribution is -2.13. The van der Waals surface area contributed by atoms with Crippen LogP contribution in [0.15, 0.2) is 56.7 Å². The van der Waals surface area contributed by atoms with E-state index < -0.39 is 17.5 Å². The fourth-order valence-corrected chi connectivity index (χ4v) is 4.58. The van der Waals surface area contributed by atoms with Crippen LogP contribution < -0.4 is 5.32 Å². The highest BCUT2D eigenvalue weighted by Crippen LogP contribution is 2.31. The molecule has 164 valence electrons. The summed E-state index contributed by atoms with van der Waals surface area (Å²) in [6, 6.07) is 11.1. The summed E-state index contributed by atoms with van der Waals surface area (Å²) in [5, 5.41) is 8.35. The number of carbonyl (C=O) groups is 1. The number of benzene rings is 2. The molecule has 2 aromatic heterocycles. The minimum atomic E-state index is -0.830. The molecule has 0 aliphatic carbocycles. The predicted molar refractivity (Wildman–Crippen MR) is 119 cm³/mol. The van der Waals surface area contributed by atoms with Crippen LogP contribution in [0, 0.1) is 18.6 Å². The van der Waals surface area contributed by atoms with E-state index in [0.29, 0.717) is 23.5 Å². The standard InChI is InChI=1S/C22H18F2N4O2S2/c1-13-4-2-3-5-15(13)18-11-31-22(26-18)32-12-19-27-21(30-28-19)9-8-20(29)25-17-7-6-14(23)10-16(17)24/h2-7,10-11H,8-9,12H2,1H3,(H,25,29). The second-order valence-corrected chi connectivity index (χ2v) is 8.96. The second kappa shape index (κ2) is 10.0. The number of nitrogens with zero attached hydrogens (tertiary/aromatic N) is 3. The molecule has 32 heavy (non-hydrogen) atoms. The van der Waals surface area contributed by atoms with Crippen LogP contribution in [0.1, 0.15) is 23.7 Å². The third-order valence-electron chi connectivity index (χ3n) is 4.51. The van der Waals surface area contributed by atoms with Crippen LogP contribution in [0.3, 0.4) is 0 Å². The monoisotopic (exact) mass is 472 g/mol. The number of rotatable bonds is 8. The second-order valence-electron chi connectivity index (χ2n) is 6.88. The van der Waals surface area contributed by atoms with E-state index in [0.717, 1.165) is 21.7 Å². The number of carbonyl (C=O) groups excluding carboxylic acids is 1. The number of nitrogens with one attached hydrogen (secondary N) is 1. The summed E-state index contributed by atoms with van der Waals surface area (Å²) in [6.07, 6.45) is 0.235. The van der Waals surface area contributed by atoms with Crippen molar-refractivity contribution in [2.24, 2.45) is 0 Å². The van der Waals surface area contributed by atoms with Gasteiger partial charge in [0, 0.05) is 29.9 Å². The molecule has 4 rings (SSSR count). The quantitative estimate of drug-likeness (QED) is 0.334. The van der Waals surface area contributed by atoms with E-state index in [2.05, 4.69) is 33.4 Å². The topological polar surface area (TPSA) is 80.9 Å². The van der Waals surface area contributed by atoms with Gasteiger partial charge in [0.1, 0.15) is 11.6 Å². The molecule has 1 N–H and O–H groups in total. The third-order valence-corrected chi connectivity index (χ3v) is 6.53. The highest BCUT2D eigenvalue weighted by molar-refractivity contribution is 8.00. The van der Waals surface area contributed by atoms with Gasteiger partial charge in [-0.05, 0) is 24.6 Å². The van der Waals surface area contributed by atoms with Gasteiger partial charge in [-0.2, -0.15) is 4.98 Å². The van der Waals surface area contributed by atoms with Gasteiger partial charge in [-0.15, -0.1) is 11.3 Å². The lowest BCUT2D eigenvalue weighted by Gasteiger charge is -2.05. The molecule has 0 aliphatic heterocycles. The number of anilines is 1. The van der Waals surface area contributed by atoms with E-state index in [9.17, 15) is 13.6 Å². The minimum absolute atomic E-state index is 0.0257. The maximum Gasteiger partial charge on any atom is 0.227 e. The average molecular weight is 473 g/mol. The van der Waals surface area contributed by atoms with Crippen LogP contribution in [-0.2, 0) is 17.0 Å². The summed E-state index contributed by atoms with van der Waals surface area (Å²) in [5.41, 5.74) is 3.14. The summed E-state index contributed by atoms with van der Waals surface area (Å²) in [6.45, 7) is 2.05. The molecule has 0 atom stereocenters. The van der Waals surface area contributed by atoms with E-state index in [4.69, 9.17) is 4.52 Å². The molecule has 0 fully saturated rings.